The van der Waals surface area contributed by atoms with Crippen molar-refractivity contribution in [3.05, 3.63) is 24.0 Å². The van der Waals surface area contributed by atoms with Gasteiger partial charge in [-0.25, -0.2) is 0 Å². The van der Waals surface area contributed by atoms with Gasteiger partial charge in [-0.2, -0.15) is 8.42 Å². The maximum atomic E-state index is 10.9. The average molecular weight is 345 g/mol. The molecule has 0 aliphatic rings. The standard InChI is InChI=1S/C15H27N3O4S/c1-15(2,3)12-6-14(8-17-7-12)21-10-13(16)9-18(4)11-22-23(5,19)20/h6-8,13H,9-11,16H2,1-5H3/t13-/m0/s1. The normalized spacial score (nSPS) is 14.0. The van der Waals surface area contributed by atoms with E-state index in [2.05, 4.69) is 25.8 Å². The van der Waals surface area contributed by atoms with E-state index in [-0.39, 0.29) is 18.2 Å². The van der Waals surface area contributed by atoms with Crippen LogP contribution in [-0.4, -0.2) is 57.5 Å². The van der Waals surface area contributed by atoms with Crippen LogP contribution in [0.1, 0.15) is 26.3 Å². The molecule has 0 aliphatic heterocycles. The number of nitrogens with two attached hydrogens (primary N) is 1. The van der Waals surface area contributed by atoms with Gasteiger partial charge in [0.05, 0.1) is 18.5 Å². The van der Waals surface area contributed by atoms with Crippen LogP contribution >= 0.6 is 0 Å². The van der Waals surface area contributed by atoms with E-state index >= 15 is 0 Å². The van der Waals surface area contributed by atoms with Crippen LogP contribution in [0.25, 0.3) is 0 Å². The van der Waals surface area contributed by atoms with Crippen molar-refractivity contribution in [3.8, 4) is 5.75 Å². The van der Waals surface area contributed by atoms with Gasteiger partial charge in [0.15, 0.2) is 0 Å². The minimum absolute atomic E-state index is 0.00229. The topological polar surface area (TPSA) is 94.8 Å². The first-order valence-corrected chi connectivity index (χ1v) is 9.16. The van der Waals surface area contributed by atoms with Gasteiger partial charge >= 0.3 is 0 Å². The minimum atomic E-state index is -3.45. The molecule has 0 bridgehead atoms. The molecule has 1 rings (SSSR count). The van der Waals surface area contributed by atoms with E-state index in [4.69, 9.17) is 14.7 Å². The molecule has 2 N–H and O–H groups in total. The Bertz CT molecular complexity index is 599. The smallest absolute Gasteiger partial charge is 0.265 e. The van der Waals surface area contributed by atoms with Crippen molar-refractivity contribution in [1.82, 2.24) is 9.88 Å². The van der Waals surface area contributed by atoms with E-state index in [9.17, 15) is 8.42 Å². The van der Waals surface area contributed by atoms with E-state index in [1.165, 1.54) is 0 Å². The Labute approximate surface area is 138 Å². The molecule has 132 valence electrons. The molecular formula is C15H27N3O4S. The number of likely N-dealkylation sites (N-methyl/N-ethyl adjacent to an activating group) is 1. The van der Waals surface area contributed by atoms with E-state index in [0.717, 1.165) is 11.8 Å². The zero-order valence-corrected chi connectivity index (χ0v) is 15.3. The quantitative estimate of drug-likeness (QED) is 0.553. The Balaban J connectivity index is 2.46. The van der Waals surface area contributed by atoms with Crippen molar-refractivity contribution < 1.29 is 17.3 Å². The molecule has 0 aliphatic carbocycles. The van der Waals surface area contributed by atoms with Crippen LogP contribution in [0, 0.1) is 0 Å². The molecule has 8 heteroatoms. The number of nitrogens with zero attached hydrogens (tertiary/aromatic N) is 2. The number of hydrogen-bond acceptors (Lipinski definition) is 7. The lowest BCUT2D eigenvalue weighted by Crippen LogP contribution is -2.40. The summed E-state index contributed by atoms with van der Waals surface area (Å²) >= 11 is 0. The van der Waals surface area contributed by atoms with Gasteiger partial charge < -0.3 is 10.5 Å². The Kier molecular flexibility index (Phi) is 6.94. The third-order valence-corrected chi connectivity index (χ3v) is 3.61. The van der Waals surface area contributed by atoms with Crippen LogP contribution in [0.15, 0.2) is 18.5 Å². The van der Waals surface area contributed by atoms with Gasteiger partial charge in [0, 0.05) is 12.7 Å². The predicted octanol–water partition coefficient (Wildman–Crippen LogP) is 0.951. The average Bonchev–Trinajstić information content (AvgIpc) is 2.42. The van der Waals surface area contributed by atoms with Gasteiger partial charge in [-0.1, -0.05) is 20.8 Å². The first kappa shape index (κ1) is 19.8. The first-order chi connectivity index (χ1) is 10.5. The van der Waals surface area contributed by atoms with Gasteiger partial charge in [0.25, 0.3) is 10.1 Å². The van der Waals surface area contributed by atoms with Gasteiger partial charge in [-0.3, -0.25) is 14.1 Å². The maximum absolute atomic E-state index is 10.9. The summed E-state index contributed by atoms with van der Waals surface area (Å²) < 4.78 is 32.2. The summed E-state index contributed by atoms with van der Waals surface area (Å²) in [7, 11) is -1.72. The van der Waals surface area contributed by atoms with Gasteiger partial charge in [0.1, 0.15) is 19.1 Å². The molecule has 7 nitrogen and oxygen atoms in total. The van der Waals surface area contributed by atoms with Crippen molar-refractivity contribution in [2.24, 2.45) is 5.73 Å². The summed E-state index contributed by atoms with van der Waals surface area (Å²) in [6.45, 7) is 7.04. The van der Waals surface area contributed by atoms with E-state index in [1.807, 2.05) is 12.3 Å². The highest BCUT2D eigenvalue weighted by atomic mass is 32.2. The van der Waals surface area contributed by atoms with Gasteiger partial charge in [-0.05, 0) is 24.1 Å². The van der Waals surface area contributed by atoms with E-state index < -0.39 is 10.1 Å². The van der Waals surface area contributed by atoms with Crippen LogP contribution in [0.2, 0.25) is 0 Å². The van der Waals surface area contributed by atoms with Crippen LogP contribution < -0.4 is 10.5 Å². The summed E-state index contributed by atoms with van der Waals surface area (Å²) in [5, 5.41) is 0. The largest absolute Gasteiger partial charge is 0.490 e. The monoisotopic (exact) mass is 345 g/mol. The van der Waals surface area contributed by atoms with Crippen molar-refractivity contribution in [2.45, 2.75) is 32.2 Å². The number of hydrogen-bond donors (Lipinski definition) is 1. The van der Waals surface area contributed by atoms with Gasteiger partial charge in [-0.15, -0.1) is 0 Å². The summed E-state index contributed by atoms with van der Waals surface area (Å²) in [4.78, 5) is 5.86. The molecule has 1 aromatic rings. The van der Waals surface area contributed by atoms with E-state index in [1.54, 1.807) is 18.1 Å². The molecule has 1 atom stereocenters. The molecule has 0 spiro atoms. The fraction of sp³-hybridized carbons (Fsp3) is 0.667. The Morgan fingerprint density at radius 3 is 2.57 bits per heavy atom. The second-order valence-electron chi connectivity index (χ2n) is 6.72. The summed E-state index contributed by atoms with van der Waals surface area (Å²) in [6.07, 6.45) is 4.49. The van der Waals surface area contributed by atoms with E-state index in [0.29, 0.717) is 18.9 Å². The molecule has 1 aromatic heterocycles. The lowest BCUT2D eigenvalue weighted by atomic mass is 9.88. The fourth-order valence-corrected chi connectivity index (χ4v) is 2.17. The number of pyridine rings is 1. The van der Waals surface area contributed by atoms with Gasteiger partial charge in [0.2, 0.25) is 0 Å². The molecule has 0 amide bonds. The van der Waals surface area contributed by atoms with Crippen molar-refractivity contribution >= 4 is 10.1 Å². The Morgan fingerprint density at radius 2 is 2.00 bits per heavy atom. The van der Waals surface area contributed by atoms with Crippen LogP contribution in [0.4, 0.5) is 0 Å². The molecule has 23 heavy (non-hydrogen) atoms. The number of aromatic nitrogens is 1. The molecule has 0 aromatic carbocycles. The van der Waals surface area contributed by atoms with Crippen molar-refractivity contribution in [1.29, 1.82) is 0 Å². The van der Waals surface area contributed by atoms with Crippen LogP contribution in [-0.2, 0) is 19.7 Å². The molecule has 0 fully saturated rings. The Morgan fingerprint density at radius 1 is 1.35 bits per heavy atom. The molecular weight excluding hydrogens is 318 g/mol. The lowest BCUT2D eigenvalue weighted by Gasteiger charge is -2.22. The zero-order chi connectivity index (χ0) is 17.7. The lowest BCUT2D eigenvalue weighted by molar-refractivity contribution is 0.141. The molecule has 0 saturated heterocycles. The van der Waals surface area contributed by atoms with Crippen molar-refractivity contribution in [2.75, 3.05) is 33.2 Å². The second-order valence-corrected chi connectivity index (χ2v) is 8.36. The number of ether oxygens (including phenoxy) is 1. The highest BCUT2D eigenvalue weighted by Crippen LogP contribution is 2.24. The summed E-state index contributed by atoms with van der Waals surface area (Å²) in [5.74, 6) is 0.669. The third-order valence-electron chi connectivity index (χ3n) is 3.08. The molecule has 1 heterocycles. The zero-order valence-electron chi connectivity index (χ0n) is 14.4. The third kappa shape index (κ3) is 8.26. The highest BCUT2D eigenvalue weighted by molar-refractivity contribution is 7.85. The number of rotatable bonds is 8. The summed E-state index contributed by atoms with van der Waals surface area (Å²) in [5.41, 5.74) is 7.08. The molecule has 0 radical (unpaired) electrons. The van der Waals surface area contributed by atoms with Crippen LogP contribution in [0.3, 0.4) is 0 Å². The molecule has 0 saturated carbocycles. The van der Waals surface area contributed by atoms with Crippen molar-refractivity contribution in [3.63, 3.8) is 0 Å². The Hall–Kier alpha value is -1.22. The second kappa shape index (κ2) is 8.05. The highest BCUT2D eigenvalue weighted by Gasteiger charge is 2.15. The fourth-order valence-electron chi connectivity index (χ4n) is 1.80. The molecule has 0 unspecified atom stereocenters. The SMILES string of the molecule is CN(COS(C)(=O)=O)C[C@H](N)COc1cncc(C(C)(C)C)c1. The minimum Gasteiger partial charge on any atom is -0.490 e. The summed E-state index contributed by atoms with van der Waals surface area (Å²) in [6, 6.07) is 1.68. The predicted molar refractivity (Wildman–Crippen MR) is 89.8 cm³/mol. The first-order valence-electron chi connectivity index (χ1n) is 7.34. The maximum Gasteiger partial charge on any atom is 0.265 e. The van der Waals surface area contributed by atoms with Crippen LogP contribution in [0.5, 0.6) is 5.75 Å².